The lowest BCUT2D eigenvalue weighted by atomic mass is 10.1. The van der Waals surface area contributed by atoms with Crippen molar-refractivity contribution < 1.29 is 21.4 Å². The number of nitrogens with one attached hydrogen (secondary N) is 1. The van der Waals surface area contributed by atoms with E-state index in [4.69, 9.17) is 4.18 Å². The molecule has 1 aliphatic heterocycles. The lowest BCUT2D eigenvalue weighted by Crippen LogP contribution is -2.22. The van der Waals surface area contributed by atoms with E-state index in [1.807, 2.05) is 6.92 Å². The van der Waals surface area contributed by atoms with Crippen LogP contribution in [0.5, 0.6) is 0 Å². The fourth-order valence-electron chi connectivity index (χ4n) is 2.57. The molecule has 0 spiro atoms. The van der Waals surface area contributed by atoms with Crippen molar-refractivity contribution in [2.24, 2.45) is 0 Å². The van der Waals surface area contributed by atoms with E-state index in [1.165, 1.54) is 18.2 Å². The van der Waals surface area contributed by atoms with E-state index in [0.29, 0.717) is 5.69 Å². The number of hydrogen-bond acceptors (Lipinski definition) is 4. The summed E-state index contributed by atoms with van der Waals surface area (Å²) >= 11 is 0. The second-order valence-electron chi connectivity index (χ2n) is 5.54. The van der Waals surface area contributed by atoms with Gasteiger partial charge in [-0.25, -0.2) is 8.78 Å². The third-order valence-electron chi connectivity index (χ3n) is 3.79. The van der Waals surface area contributed by atoms with E-state index in [2.05, 4.69) is 5.32 Å². The molecule has 0 radical (unpaired) electrons. The first-order chi connectivity index (χ1) is 10.8. The van der Waals surface area contributed by atoms with Crippen LogP contribution in [0.25, 0.3) is 0 Å². The maximum atomic E-state index is 14.1. The van der Waals surface area contributed by atoms with Gasteiger partial charge in [0.1, 0.15) is 6.10 Å². The van der Waals surface area contributed by atoms with Crippen LogP contribution in [0, 0.1) is 18.6 Å². The Balaban J connectivity index is 1.98. The van der Waals surface area contributed by atoms with E-state index in [9.17, 15) is 17.2 Å². The fraction of sp³-hybridized carbons (Fsp3) is 0.250. The molecular formula is C16H15F2NO3S. The zero-order chi connectivity index (χ0) is 16.8. The summed E-state index contributed by atoms with van der Waals surface area (Å²) in [5.74, 6) is -2.13. The SMILES string of the molecule is Cc1ccc(S(=O)(=O)OC2c3c(ccc(F)c3F)N[C@H]2C)cc1. The van der Waals surface area contributed by atoms with Crippen molar-refractivity contribution in [3.05, 3.63) is 59.2 Å². The Morgan fingerprint density at radius 2 is 1.74 bits per heavy atom. The maximum Gasteiger partial charge on any atom is 0.297 e. The Hall–Kier alpha value is -1.99. The van der Waals surface area contributed by atoms with Crippen LogP contribution in [-0.2, 0) is 14.3 Å². The van der Waals surface area contributed by atoms with E-state index >= 15 is 0 Å². The van der Waals surface area contributed by atoms with E-state index in [-0.39, 0.29) is 10.5 Å². The maximum absolute atomic E-state index is 14.1. The van der Waals surface area contributed by atoms with Crippen LogP contribution in [0.2, 0.25) is 0 Å². The first-order valence-electron chi connectivity index (χ1n) is 7.04. The van der Waals surface area contributed by atoms with Gasteiger partial charge in [0.25, 0.3) is 10.1 Å². The van der Waals surface area contributed by atoms with Crippen molar-refractivity contribution in [1.82, 2.24) is 0 Å². The minimum atomic E-state index is -4.09. The molecule has 1 aliphatic rings. The number of halogens is 2. The number of benzene rings is 2. The van der Waals surface area contributed by atoms with E-state index < -0.39 is 33.9 Å². The highest BCUT2D eigenvalue weighted by Crippen LogP contribution is 2.40. The first kappa shape index (κ1) is 15.9. The predicted octanol–water partition coefficient (Wildman–Crippen LogP) is 3.53. The first-order valence-corrected chi connectivity index (χ1v) is 8.45. The van der Waals surface area contributed by atoms with Gasteiger partial charge in [-0.1, -0.05) is 17.7 Å². The summed E-state index contributed by atoms with van der Waals surface area (Å²) in [4.78, 5) is -0.0273. The van der Waals surface area contributed by atoms with Crippen molar-refractivity contribution in [3.63, 3.8) is 0 Å². The molecule has 0 fully saturated rings. The molecule has 2 aromatic rings. The summed E-state index contributed by atoms with van der Waals surface area (Å²) < 4.78 is 57.5. The summed E-state index contributed by atoms with van der Waals surface area (Å²) in [6.45, 7) is 3.47. The third-order valence-corrected chi connectivity index (χ3v) is 5.10. The zero-order valence-corrected chi connectivity index (χ0v) is 13.3. The highest BCUT2D eigenvalue weighted by molar-refractivity contribution is 7.86. The number of rotatable bonds is 3. The summed E-state index contributed by atoms with van der Waals surface area (Å²) in [6.07, 6.45) is -1.13. The van der Waals surface area contributed by atoms with E-state index in [0.717, 1.165) is 11.6 Å². The minimum absolute atomic E-state index is 0.0273. The third kappa shape index (κ3) is 2.82. The van der Waals surface area contributed by atoms with Gasteiger partial charge in [-0.05, 0) is 38.1 Å². The van der Waals surface area contributed by atoms with Gasteiger partial charge in [0, 0.05) is 11.3 Å². The van der Waals surface area contributed by atoms with Crippen LogP contribution in [0.4, 0.5) is 14.5 Å². The van der Waals surface area contributed by atoms with Crippen molar-refractivity contribution >= 4 is 15.8 Å². The van der Waals surface area contributed by atoms with E-state index in [1.54, 1.807) is 19.1 Å². The Bertz CT molecular complexity index is 850. The van der Waals surface area contributed by atoms with Crippen molar-refractivity contribution in [2.45, 2.75) is 30.9 Å². The average Bonchev–Trinajstić information content (AvgIpc) is 2.80. The van der Waals surface area contributed by atoms with Gasteiger partial charge in [0.05, 0.1) is 10.9 Å². The molecule has 2 atom stereocenters. The van der Waals surface area contributed by atoms with Crippen LogP contribution in [0.1, 0.15) is 24.2 Å². The molecule has 122 valence electrons. The molecule has 0 saturated carbocycles. The molecule has 0 bridgehead atoms. The molecule has 1 N–H and O–H groups in total. The van der Waals surface area contributed by atoms with Crippen LogP contribution >= 0.6 is 0 Å². The lowest BCUT2D eigenvalue weighted by Gasteiger charge is -2.17. The van der Waals surface area contributed by atoms with Crippen molar-refractivity contribution in [3.8, 4) is 0 Å². The number of anilines is 1. The van der Waals surface area contributed by atoms with Crippen LogP contribution < -0.4 is 5.32 Å². The second-order valence-corrected chi connectivity index (χ2v) is 7.11. The minimum Gasteiger partial charge on any atom is -0.379 e. The van der Waals surface area contributed by atoms with Crippen LogP contribution in [0.15, 0.2) is 41.3 Å². The largest absolute Gasteiger partial charge is 0.379 e. The number of hydrogen-bond donors (Lipinski definition) is 1. The normalized spacial score (nSPS) is 20.2. The summed E-state index contributed by atoms with van der Waals surface area (Å²) in [5, 5.41) is 2.90. The quantitative estimate of drug-likeness (QED) is 0.869. The smallest absolute Gasteiger partial charge is 0.297 e. The van der Waals surface area contributed by atoms with Gasteiger partial charge in [0.15, 0.2) is 11.6 Å². The van der Waals surface area contributed by atoms with Crippen LogP contribution in [-0.4, -0.2) is 14.5 Å². The molecule has 4 nitrogen and oxygen atoms in total. The Morgan fingerprint density at radius 3 is 2.39 bits per heavy atom. The van der Waals surface area contributed by atoms with Gasteiger partial charge in [-0.3, -0.25) is 4.18 Å². The zero-order valence-electron chi connectivity index (χ0n) is 12.5. The molecule has 1 heterocycles. The molecule has 7 heteroatoms. The molecule has 0 aliphatic carbocycles. The summed E-state index contributed by atoms with van der Waals surface area (Å²) in [6, 6.07) is 7.96. The van der Waals surface area contributed by atoms with Gasteiger partial charge >= 0.3 is 0 Å². The topological polar surface area (TPSA) is 55.4 Å². The monoisotopic (exact) mass is 339 g/mol. The van der Waals surface area contributed by atoms with Crippen LogP contribution in [0.3, 0.4) is 0 Å². The molecule has 3 rings (SSSR count). The lowest BCUT2D eigenvalue weighted by molar-refractivity contribution is 0.199. The van der Waals surface area contributed by atoms with Gasteiger partial charge in [-0.2, -0.15) is 8.42 Å². The van der Waals surface area contributed by atoms with Gasteiger partial charge < -0.3 is 5.32 Å². The predicted molar refractivity (Wildman–Crippen MR) is 81.6 cm³/mol. The molecule has 0 saturated heterocycles. The second kappa shape index (κ2) is 5.58. The molecular weight excluding hydrogens is 324 g/mol. The summed E-state index contributed by atoms with van der Waals surface area (Å²) in [7, 11) is -4.09. The molecule has 1 unspecified atom stereocenters. The summed E-state index contributed by atoms with van der Waals surface area (Å²) in [5.41, 5.74) is 1.13. The average molecular weight is 339 g/mol. The molecule has 2 aromatic carbocycles. The fourth-order valence-corrected chi connectivity index (χ4v) is 3.69. The van der Waals surface area contributed by atoms with Gasteiger partial charge in [-0.15, -0.1) is 0 Å². The van der Waals surface area contributed by atoms with Crippen molar-refractivity contribution in [1.29, 1.82) is 0 Å². The number of aryl methyl sites for hydroxylation is 1. The highest BCUT2D eigenvalue weighted by Gasteiger charge is 2.37. The highest BCUT2D eigenvalue weighted by atomic mass is 32.2. The molecule has 0 amide bonds. The standard InChI is InChI=1S/C16H15F2NO3S/c1-9-3-5-11(6-4-9)23(20,21)22-16-10(2)19-13-8-7-12(17)15(18)14(13)16/h3-8,10,16,19H,1-2H3/t10-,16?/m0/s1. The Labute approximate surface area is 133 Å². The Morgan fingerprint density at radius 1 is 1.09 bits per heavy atom. The van der Waals surface area contributed by atoms with Gasteiger partial charge in [0.2, 0.25) is 0 Å². The molecule has 0 aromatic heterocycles. The number of fused-ring (bicyclic) bond motifs is 1. The Kier molecular flexibility index (Phi) is 3.85. The molecule has 23 heavy (non-hydrogen) atoms. The van der Waals surface area contributed by atoms with Crippen molar-refractivity contribution in [2.75, 3.05) is 5.32 Å².